The molecule has 2 heterocycles. The van der Waals surface area contributed by atoms with Crippen molar-refractivity contribution in [1.29, 1.82) is 0 Å². The molecular weight excluding hydrogens is 332 g/mol. The summed E-state index contributed by atoms with van der Waals surface area (Å²) in [6.45, 7) is 3.20. The first-order valence-electron chi connectivity index (χ1n) is 8.77. The third-order valence-corrected chi connectivity index (χ3v) is 4.64. The number of aromatic amines is 1. The normalized spacial score (nSPS) is 17.2. The standard InChI is InChI=1S/C19H24N4O3/c1-13(24)21-17-10-20-22-18(17)14-7-5-9-23(11-14)19(25)16-8-4-3-6-15(16)12-26-2/h3-4,6,8,10,14H,5,7,9,11-12H2,1-2H3,(H,20,22)(H,21,24). The smallest absolute Gasteiger partial charge is 0.254 e. The van der Waals surface area contributed by atoms with Gasteiger partial charge in [-0.25, -0.2) is 0 Å². The van der Waals surface area contributed by atoms with Crippen LogP contribution in [0.1, 0.15) is 47.3 Å². The summed E-state index contributed by atoms with van der Waals surface area (Å²) in [7, 11) is 1.62. The van der Waals surface area contributed by atoms with E-state index in [9.17, 15) is 9.59 Å². The first kappa shape index (κ1) is 18.1. The number of aromatic nitrogens is 2. The number of carbonyl (C=O) groups is 2. The zero-order chi connectivity index (χ0) is 18.5. The molecule has 1 aromatic heterocycles. The van der Waals surface area contributed by atoms with Crippen LogP contribution in [0.2, 0.25) is 0 Å². The molecule has 1 aromatic carbocycles. The van der Waals surface area contributed by atoms with E-state index < -0.39 is 0 Å². The molecule has 1 saturated heterocycles. The lowest BCUT2D eigenvalue weighted by Gasteiger charge is -2.33. The number of nitrogens with zero attached hydrogens (tertiary/aromatic N) is 2. The molecule has 0 saturated carbocycles. The average molecular weight is 356 g/mol. The first-order chi connectivity index (χ1) is 12.6. The number of hydrogen-bond acceptors (Lipinski definition) is 4. The highest BCUT2D eigenvalue weighted by molar-refractivity contribution is 5.96. The fourth-order valence-electron chi connectivity index (χ4n) is 3.47. The topological polar surface area (TPSA) is 87.3 Å². The van der Waals surface area contributed by atoms with Gasteiger partial charge < -0.3 is 15.0 Å². The highest BCUT2D eigenvalue weighted by Crippen LogP contribution is 2.31. The summed E-state index contributed by atoms with van der Waals surface area (Å²) in [6.07, 6.45) is 3.46. The van der Waals surface area contributed by atoms with Crippen molar-refractivity contribution in [3.63, 3.8) is 0 Å². The molecule has 2 aromatic rings. The van der Waals surface area contributed by atoms with Gasteiger partial charge in [0.05, 0.1) is 24.2 Å². The summed E-state index contributed by atoms with van der Waals surface area (Å²) in [4.78, 5) is 26.3. The summed E-state index contributed by atoms with van der Waals surface area (Å²) < 4.78 is 5.21. The van der Waals surface area contributed by atoms with Gasteiger partial charge >= 0.3 is 0 Å². The Bertz CT molecular complexity index is 787. The molecule has 3 rings (SSSR count). The molecule has 0 bridgehead atoms. The van der Waals surface area contributed by atoms with Crippen LogP contribution in [0.5, 0.6) is 0 Å². The van der Waals surface area contributed by atoms with E-state index in [-0.39, 0.29) is 17.7 Å². The molecule has 138 valence electrons. The molecule has 0 spiro atoms. The second kappa shape index (κ2) is 8.14. The summed E-state index contributed by atoms with van der Waals surface area (Å²) >= 11 is 0. The van der Waals surface area contributed by atoms with Gasteiger partial charge in [-0.1, -0.05) is 18.2 Å². The summed E-state index contributed by atoms with van der Waals surface area (Å²) in [6, 6.07) is 7.55. The van der Waals surface area contributed by atoms with E-state index in [1.54, 1.807) is 13.3 Å². The molecule has 1 atom stereocenters. The Kier molecular flexibility index (Phi) is 5.68. The highest BCUT2D eigenvalue weighted by Gasteiger charge is 2.29. The van der Waals surface area contributed by atoms with Gasteiger partial charge in [0.15, 0.2) is 0 Å². The molecule has 7 heteroatoms. The zero-order valence-corrected chi connectivity index (χ0v) is 15.1. The molecule has 1 unspecified atom stereocenters. The Balaban J connectivity index is 1.78. The van der Waals surface area contributed by atoms with Crippen LogP contribution in [0.15, 0.2) is 30.5 Å². The average Bonchev–Trinajstić information content (AvgIpc) is 3.09. The number of piperidine rings is 1. The van der Waals surface area contributed by atoms with Gasteiger partial charge in [0.25, 0.3) is 5.91 Å². The third-order valence-electron chi connectivity index (χ3n) is 4.64. The predicted molar refractivity (Wildman–Crippen MR) is 97.9 cm³/mol. The Morgan fingerprint density at radius 2 is 2.19 bits per heavy atom. The molecule has 2 N–H and O–H groups in total. The number of benzene rings is 1. The Labute approximate surface area is 152 Å². The van der Waals surface area contributed by atoms with Crippen molar-refractivity contribution < 1.29 is 14.3 Å². The molecule has 1 aliphatic rings. The Hall–Kier alpha value is -2.67. The monoisotopic (exact) mass is 356 g/mol. The summed E-state index contributed by atoms with van der Waals surface area (Å²) in [5, 5.41) is 9.85. The van der Waals surface area contributed by atoms with Gasteiger partial charge in [-0.15, -0.1) is 0 Å². The Morgan fingerprint density at radius 3 is 2.96 bits per heavy atom. The summed E-state index contributed by atoms with van der Waals surface area (Å²) in [5.74, 6) is -0.000496. The minimum atomic E-state index is -0.134. The van der Waals surface area contributed by atoms with Crippen LogP contribution >= 0.6 is 0 Å². The number of anilines is 1. The predicted octanol–water partition coefficient (Wildman–Crippen LogP) is 2.53. The number of ether oxygens (including phenoxy) is 1. The van der Waals surface area contributed by atoms with E-state index in [4.69, 9.17) is 4.74 Å². The zero-order valence-electron chi connectivity index (χ0n) is 15.1. The number of methoxy groups -OCH3 is 1. The maximum atomic E-state index is 13.0. The van der Waals surface area contributed by atoms with Crippen molar-refractivity contribution in [2.24, 2.45) is 0 Å². The lowest BCUT2D eigenvalue weighted by molar-refractivity contribution is -0.114. The van der Waals surface area contributed by atoms with Crippen molar-refractivity contribution in [2.75, 3.05) is 25.5 Å². The van der Waals surface area contributed by atoms with Gasteiger partial charge in [0.2, 0.25) is 5.91 Å². The number of likely N-dealkylation sites (tertiary alicyclic amines) is 1. The second-order valence-corrected chi connectivity index (χ2v) is 6.56. The third kappa shape index (κ3) is 3.94. The van der Waals surface area contributed by atoms with Crippen LogP contribution in [0, 0.1) is 0 Å². The SMILES string of the molecule is COCc1ccccc1C(=O)N1CCCC(c2[nH]ncc2NC(C)=O)C1. The van der Waals surface area contributed by atoms with Gasteiger partial charge in [-0.3, -0.25) is 14.7 Å². The van der Waals surface area contributed by atoms with Crippen LogP contribution in [0.3, 0.4) is 0 Å². The van der Waals surface area contributed by atoms with Gasteiger partial charge in [-0.05, 0) is 24.5 Å². The fourth-order valence-corrected chi connectivity index (χ4v) is 3.47. The summed E-state index contributed by atoms with van der Waals surface area (Å²) in [5.41, 5.74) is 3.14. The van der Waals surface area contributed by atoms with Crippen molar-refractivity contribution in [3.8, 4) is 0 Å². The molecule has 0 aliphatic carbocycles. The molecule has 7 nitrogen and oxygen atoms in total. The van der Waals surface area contributed by atoms with E-state index in [0.29, 0.717) is 24.4 Å². The molecule has 1 aliphatic heterocycles. The Morgan fingerprint density at radius 1 is 1.38 bits per heavy atom. The number of hydrogen-bond donors (Lipinski definition) is 2. The number of nitrogens with one attached hydrogen (secondary N) is 2. The van der Waals surface area contributed by atoms with Crippen molar-refractivity contribution >= 4 is 17.5 Å². The van der Waals surface area contributed by atoms with E-state index >= 15 is 0 Å². The highest BCUT2D eigenvalue weighted by atomic mass is 16.5. The molecule has 2 amide bonds. The fraction of sp³-hybridized carbons (Fsp3) is 0.421. The van der Waals surface area contributed by atoms with Crippen LogP contribution in [-0.4, -0.2) is 47.1 Å². The quantitative estimate of drug-likeness (QED) is 0.862. The van der Waals surface area contributed by atoms with Crippen LogP contribution in [0.25, 0.3) is 0 Å². The molecule has 1 fully saturated rings. The lowest BCUT2D eigenvalue weighted by atomic mass is 9.93. The number of amides is 2. The number of H-pyrrole nitrogens is 1. The maximum Gasteiger partial charge on any atom is 0.254 e. The van der Waals surface area contributed by atoms with Crippen LogP contribution in [-0.2, 0) is 16.1 Å². The maximum absolute atomic E-state index is 13.0. The van der Waals surface area contributed by atoms with Crippen molar-refractivity contribution in [2.45, 2.75) is 32.3 Å². The number of rotatable bonds is 5. The molecular formula is C19H24N4O3. The lowest BCUT2D eigenvalue weighted by Crippen LogP contribution is -2.39. The van der Waals surface area contributed by atoms with Gasteiger partial charge in [0.1, 0.15) is 0 Å². The van der Waals surface area contributed by atoms with E-state index in [1.807, 2.05) is 29.2 Å². The van der Waals surface area contributed by atoms with Crippen LogP contribution < -0.4 is 5.32 Å². The molecule has 26 heavy (non-hydrogen) atoms. The van der Waals surface area contributed by atoms with Gasteiger partial charge in [-0.2, -0.15) is 5.10 Å². The largest absolute Gasteiger partial charge is 0.380 e. The second-order valence-electron chi connectivity index (χ2n) is 6.56. The van der Waals surface area contributed by atoms with Crippen molar-refractivity contribution in [3.05, 3.63) is 47.3 Å². The van der Waals surface area contributed by atoms with E-state index in [2.05, 4.69) is 15.5 Å². The minimum Gasteiger partial charge on any atom is -0.380 e. The van der Waals surface area contributed by atoms with Crippen LogP contribution in [0.4, 0.5) is 5.69 Å². The number of carbonyl (C=O) groups excluding carboxylic acids is 2. The van der Waals surface area contributed by atoms with E-state index in [0.717, 1.165) is 30.6 Å². The van der Waals surface area contributed by atoms with E-state index in [1.165, 1.54) is 6.92 Å². The van der Waals surface area contributed by atoms with Crippen molar-refractivity contribution in [1.82, 2.24) is 15.1 Å². The van der Waals surface area contributed by atoms with Gasteiger partial charge in [0, 0.05) is 38.6 Å². The first-order valence-corrected chi connectivity index (χ1v) is 8.77. The molecule has 0 radical (unpaired) electrons. The minimum absolute atomic E-state index is 0.0166.